The maximum atomic E-state index is 12.9. The first-order valence-corrected chi connectivity index (χ1v) is 9.12. The van der Waals surface area contributed by atoms with Gasteiger partial charge in [-0.3, -0.25) is 14.3 Å². The molecule has 0 aliphatic carbocycles. The predicted molar refractivity (Wildman–Crippen MR) is 97.7 cm³/mol. The van der Waals surface area contributed by atoms with E-state index in [1.807, 2.05) is 35.5 Å². The third kappa shape index (κ3) is 3.39. The van der Waals surface area contributed by atoms with Crippen molar-refractivity contribution in [3.63, 3.8) is 0 Å². The smallest absolute Gasteiger partial charge is 0.263 e. The molecule has 1 N–H and O–H groups in total. The van der Waals surface area contributed by atoms with E-state index >= 15 is 0 Å². The molecule has 2 aromatic heterocycles. The summed E-state index contributed by atoms with van der Waals surface area (Å²) >= 11 is 1.45. The van der Waals surface area contributed by atoms with Crippen LogP contribution in [0.15, 0.2) is 29.8 Å². The molecule has 0 unspecified atom stereocenters. The zero-order chi connectivity index (χ0) is 18.0. The molecule has 0 atom stereocenters. The molecule has 1 aliphatic rings. The summed E-state index contributed by atoms with van der Waals surface area (Å²) in [5.41, 5.74) is -0.719. The Morgan fingerprint density at radius 1 is 1.28 bits per heavy atom. The zero-order valence-electron chi connectivity index (χ0n) is 14.7. The van der Waals surface area contributed by atoms with Gasteiger partial charge >= 0.3 is 0 Å². The number of amides is 2. The molecule has 1 fully saturated rings. The highest BCUT2D eigenvalue weighted by molar-refractivity contribution is 7.12. The first-order chi connectivity index (χ1) is 11.9. The van der Waals surface area contributed by atoms with E-state index in [1.165, 1.54) is 11.3 Å². The normalized spacial score (nSPS) is 16.5. The van der Waals surface area contributed by atoms with Crippen LogP contribution in [0, 0.1) is 0 Å². The second-order valence-corrected chi connectivity index (χ2v) is 7.46. The lowest BCUT2D eigenvalue weighted by molar-refractivity contribution is -0.135. The Kier molecular flexibility index (Phi) is 4.80. The SMILES string of the molecule is CN(C)C(=O)C1(Nc2ccnn2C)CCN(C(=O)c2cccs2)CC1. The zero-order valence-corrected chi connectivity index (χ0v) is 15.5. The van der Waals surface area contributed by atoms with Crippen molar-refractivity contribution < 1.29 is 9.59 Å². The van der Waals surface area contributed by atoms with Crippen molar-refractivity contribution in [3.05, 3.63) is 34.7 Å². The quantitative estimate of drug-likeness (QED) is 0.899. The van der Waals surface area contributed by atoms with E-state index in [0.717, 1.165) is 10.7 Å². The number of carbonyl (C=O) groups is 2. The molecule has 8 heteroatoms. The summed E-state index contributed by atoms with van der Waals surface area (Å²) in [5.74, 6) is 0.867. The molecular formula is C17H23N5O2S. The van der Waals surface area contributed by atoms with Crippen molar-refractivity contribution in [2.75, 3.05) is 32.5 Å². The summed E-state index contributed by atoms with van der Waals surface area (Å²) in [4.78, 5) is 29.6. The minimum absolute atomic E-state index is 0.0249. The number of nitrogens with one attached hydrogen (secondary N) is 1. The van der Waals surface area contributed by atoms with Crippen molar-refractivity contribution in [1.29, 1.82) is 0 Å². The maximum absolute atomic E-state index is 12.9. The Morgan fingerprint density at radius 2 is 2.00 bits per heavy atom. The van der Waals surface area contributed by atoms with Gasteiger partial charge in [-0.25, -0.2) is 0 Å². The van der Waals surface area contributed by atoms with Gasteiger partial charge in [0.15, 0.2) is 0 Å². The van der Waals surface area contributed by atoms with E-state index < -0.39 is 5.54 Å². The predicted octanol–water partition coefficient (Wildman–Crippen LogP) is 1.66. The highest BCUT2D eigenvalue weighted by Gasteiger charge is 2.43. The van der Waals surface area contributed by atoms with Crippen molar-refractivity contribution >= 4 is 29.0 Å². The van der Waals surface area contributed by atoms with Gasteiger partial charge in [-0.2, -0.15) is 5.10 Å². The highest BCUT2D eigenvalue weighted by atomic mass is 32.1. The molecular weight excluding hydrogens is 338 g/mol. The molecule has 0 radical (unpaired) electrons. The number of hydrogen-bond acceptors (Lipinski definition) is 5. The van der Waals surface area contributed by atoms with Gasteiger partial charge in [0, 0.05) is 40.3 Å². The molecule has 0 saturated carbocycles. The van der Waals surface area contributed by atoms with E-state index in [0.29, 0.717) is 25.9 Å². The summed E-state index contributed by atoms with van der Waals surface area (Å²) < 4.78 is 1.72. The third-order valence-corrected chi connectivity index (χ3v) is 5.50. The van der Waals surface area contributed by atoms with Gasteiger partial charge in [0.05, 0.1) is 11.1 Å². The first kappa shape index (κ1) is 17.5. The van der Waals surface area contributed by atoms with Gasteiger partial charge in [-0.1, -0.05) is 6.07 Å². The van der Waals surface area contributed by atoms with Crippen molar-refractivity contribution in [2.24, 2.45) is 7.05 Å². The lowest BCUT2D eigenvalue weighted by Gasteiger charge is -2.42. The summed E-state index contributed by atoms with van der Waals surface area (Å²) in [6.45, 7) is 1.09. The fraction of sp³-hybridized carbons (Fsp3) is 0.471. The number of carbonyl (C=O) groups excluding carboxylic acids is 2. The molecule has 1 aliphatic heterocycles. The number of nitrogens with zero attached hydrogens (tertiary/aromatic N) is 4. The van der Waals surface area contributed by atoms with Crippen LogP contribution >= 0.6 is 11.3 Å². The van der Waals surface area contributed by atoms with Crippen LogP contribution in [0.1, 0.15) is 22.5 Å². The Balaban J connectivity index is 1.78. The van der Waals surface area contributed by atoms with Crippen LogP contribution < -0.4 is 5.32 Å². The average Bonchev–Trinajstić information content (AvgIpc) is 3.26. The van der Waals surface area contributed by atoms with Gasteiger partial charge in [0.2, 0.25) is 5.91 Å². The van der Waals surface area contributed by atoms with Crippen LogP contribution in [0.3, 0.4) is 0 Å². The number of piperidine rings is 1. The minimum atomic E-state index is -0.719. The maximum Gasteiger partial charge on any atom is 0.263 e. The summed E-state index contributed by atoms with van der Waals surface area (Å²) in [5, 5.41) is 9.46. The van der Waals surface area contributed by atoms with Crippen molar-refractivity contribution in [1.82, 2.24) is 19.6 Å². The molecule has 3 heterocycles. The highest BCUT2D eigenvalue weighted by Crippen LogP contribution is 2.29. The second kappa shape index (κ2) is 6.87. The van der Waals surface area contributed by atoms with E-state index in [9.17, 15) is 9.59 Å². The van der Waals surface area contributed by atoms with E-state index in [2.05, 4.69) is 10.4 Å². The molecule has 0 spiro atoms. The van der Waals surface area contributed by atoms with Crippen molar-refractivity contribution in [2.45, 2.75) is 18.4 Å². The lowest BCUT2D eigenvalue weighted by Crippen LogP contribution is -2.58. The van der Waals surface area contributed by atoms with Crippen LogP contribution in [-0.4, -0.2) is 64.1 Å². The number of likely N-dealkylation sites (N-methyl/N-ethyl adjacent to an activating group) is 1. The molecule has 7 nitrogen and oxygen atoms in total. The Bertz CT molecular complexity index is 745. The summed E-state index contributed by atoms with van der Waals surface area (Å²) in [6, 6.07) is 5.58. The van der Waals surface area contributed by atoms with Gasteiger partial charge in [0.25, 0.3) is 5.91 Å². The third-order valence-electron chi connectivity index (χ3n) is 4.64. The first-order valence-electron chi connectivity index (χ1n) is 8.24. The largest absolute Gasteiger partial charge is 0.356 e. The number of likely N-dealkylation sites (tertiary alicyclic amines) is 1. The molecule has 0 bridgehead atoms. The fourth-order valence-corrected chi connectivity index (χ4v) is 3.90. The lowest BCUT2D eigenvalue weighted by atomic mass is 9.85. The number of rotatable bonds is 4. The van der Waals surface area contributed by atoms with E-state index in [4.69, 9.17) is 0 Å². The van der Waals surface area contributed by atoms with Crippen LogP contribution in [0.25, 0.3) is 0 Å². The van der Waals surface area contributed by atoms with Gasteiger partial charge in [0.1, 0.15) is 11.4 Å². The number of aryl methyl sites for hydroxylation is 1. The Labute approximate surface area is 151 Å². The van der Waals surface area contributed by atoms with Gasteiger partial charge < -0.3 is 15.1 Å². The van der Waals surface area contributed by atoms with Crippen LogP contribution in [0.5, 0.6) is 0 Å². The van der Waals surface area contributed by atoms with E-state index in [-0.39, 0.29) is 11.8 Å². The number of anilines is 1. The molecule has 1 saturated heterocycles. The average molecular weight is 361 g/mol. The van der Waals surface area contributed by atoms with E-state index in [1.54, 1.807) is 29.9 Å². The van der Waals surface area contributed by atoms with Crippen molar-refractivity contribution in [3.8, 4) is 0 Å². The molecule has 3 rings (SSSR count). The Morgan fingerprint density at radius 3 is 2.52 bits per heavy atom. The Hall–Kier alpha value is -2.35. The standard InChI is InChI=1S/C17H23N5O2S/c1-20(2)16(24)17(19-14-6-9-18-21(14)3)7-10-22(11-8-17)15(23)13-5-4-12-25-13/h4-6,9,12,19H,7-8,10-11H2,1-3H3. The molecule has 134 valence electrons. The molecule has 2 amide bonds. The fourth-order valence-electron chi connectivity index (χ4n) is 3.21. The number of hydrogen-bond donors (Lipinski definition) is 1. The number of thiophene rings is 1. The summed E-state index contributed by atoms with van der Waals surface area (Å²) in [6.07, 6.45) is 2.82. The molecule has 0 aromatic carbocycles. The summed E-state index contributed by atoms with van der Waals surface area (Å²) in [7, 11) is 5.36. The topological polar surface area (TPSA) is 70.5 Å². The van der Waals surface area contributed by atoms with Crippen LogP contribution in [0.4, 0.5) is 5.82 Å². The molecule has 2 aromatic rings. The number of aromatic nitrogens is 2. The van der Waals surface area contributed by atoms with Gasteiger partial charge in [-0.05, 0) is 24.3 Å². The second-order valence-electron chi connectivity index (χ2n) is 6.52. The minimum Gasteiger partial charge on any atom is -0.356 e. The molecule has 25 heavy (non-hydrogen) atoms. The van der Waals surface area contributed by atoms with Crippen LogP contribution in [0.2, 0.25) is 0 Å². The van der Waals surface area contributed by atoms with Gasteiger partial charge in [-0.15, -0.1) is 11.3 Å². The monoisotopic (exact) mass is 361 g/mol. The van der Waals surface area contributed by atoms with Crippen LogP contribution in [-0.2, 0) is 11.8 Å².